The summed E-state index contributed by atoms with van der Waals surface area (Å²) in [7, 11) is 0. The van der Waals surface area contributed by atoms with Gasteiger partial charge in [0.15, 0.2) is 6.61 Å². The van der Waals surface area contributed by atoms with Gasteiger partial charge in [-0.2, -0.15) is 0 Å². The molecule has 0 fully saturated rings. The molecular weight excluding hydrogens is 468 g/mol. The molecule has 0 aliphatic rings. The van der Waals surface area contributed by atoms with Gasteiger partial charge in [-0.1, -0.05) is 69.5 Å². The molecule has 3 aromatic carbocycles. The predicted molar refractivity (Wildman–Crippen MR) is 143 cm³/mol. The monoisotopic (exact) mass is 498 g/mol. The summed E-state index contributed by atoms with van der Waals surface area (Å²) < 4.78 is 15.4. The highest BCUT2D eigenvalue weighted by Gasteiger charge is 2.12. The zero-order valence-corrected chi connectivity index (χ0v) is 21.3. The van der Waals surface area contributed by atoms with Crippen LogP contribution in [0.15, 0.2) is 91.0 Å². The minimum absolute atomic E-state index is 0.214. The normalized spacial score (nSPS) is 10.4. The summed E-state index contributed by atoms with van der Waals surface area (Å²) in [5.41, 5.74) is 5.92. The van der Waals surface area contributed by atoms with Crippen molar-refractivity contribution in [1.82, 2.24) is 0 Å². The van der Waals surface area contributed by atoms with E-state index in [1.54, 1.807) is 24.3 Å². The van der Waals surface area contributed by atoms with Gasteiger partial charge in [-0.05, 0) is 71.8 Å². The molecule has 0 unspecified atom stereocenters. The van der Waals surface area contributed by atoms with E-state index in [-0.39, 0.29) is 5.57 Å². The van der Waals surface area contributed by atoms with Gasteiger partial charge in [-0.3, -0.25) is 0 Å². The van der Waals surface area contributed by atoms with Crippen molar-refractivity contribution in [2.24, 2.45) is 0 Å². The van der Waals surface area contributed by atoms with E-state index < -0.39 is 24.5 Å². The van der Waals surface area contributed by atoms with Crippen LogP contribution in [0.1, 0.15) is 32.8 Å². The quantitative estimate of drug-likeness (QED) is 0.181. The largest absolute Gasteiger partial charge is 0.450 e. The Balaban J connectivity index is 1.70. The van der Waals surface area contributed by atoms with E-state index in [1.165, 1.54) is 6.92 Å². The number of benzene rings is 3. The maximum Gasteiger partial charge on any atom is 0.349 e. The molecular formula is C31H30O6. The number of aryl methyl sites for hydroxylation is 1. The highest BCUT2D eigenvalue weighted by molar-refractivity contribution is 5.89. The first-order valence-electron chi connectivity index (χ1n) is 12.0. The van der Waals surface area contributed by atoms with Gasteiger partial charge >= 0.3 is 17.9 Å². The van der Waals surface area contributed by atoms with Crippen LogP contribution in [0, 0.1) is 0 Å². The number of hydrogen-bond donors (Lipinski definition) is 0. The van der Waals surface area contributed by atoms with Crippen molar-refractivity contribution in [3.8, 4) is 33.8 Å². The third-order valence-corrected chi connectivity index (χ3v) is 5.67. The van der Waals surface area contributed by atoms with E-state index >= 15 is 0 Å². The second-order valence-corrected chi connectivity index (χ2v) is 8.45. The highest BCUT2D eigenvalue weighted by atomic mass is 16.6. The summed E-state index contributed by atoms with van der Waals surface area (Å²) in [5, 5.41) is 0. The summed E-state index contributed by atoms with van der Waals surface area (Å²) in [4.78, 5) is 35.3. The van der Waals surface area contributed by atoms with Crippen LogP contribution < -0.4 is 9.47 Å². The lowest BCUT2D eigenvalue weighted by Gasteiger charge is -2.13. The van der Waals surface area contributed by atoms with Gasteiger partial charge in [0.2, 0.25) is 0 Å². The Morgan fingerprint density at radius 1 is 0.730 bits per heavy atom. The molecule has 0 N–H and O–H groups in total. The molecule has 0 atom stereocenters. The summed E-state index contributed by atoms with van der Waals surface area (Å²) in [6, 6.07) is 20.8. The fourth-order valence-electron chi connectivity index (χ4n) is 3.50. The fraction of sp³-hybridized carbons (Fsp3) is 0.194. The Labute approximate surface area is 217 Å². The van der Waals surface area contributed by atoms with Crippen LogP contribution in [-0.2, 0) is 25.5 Å². The van der Waals surface area contributed by atoms with E-state index in [9.17, 15) is 14.4 Å². The number of carbonyl (C=O) groups is 3. The van der Waals surface area contributed by atoms with Crippen LogP contribution in [0.5, 0.6) is 11.5 Å². The van der Waals surface area contributed by atoms with Crippen LogP contribution in [0.4, 0.5) is 0 Å². The van der Waals surface area contributed by atoms with Gasteiger partial charge in [0.25, 0.3) is 0 Å². The van der Waals surface area contributed by atoms with Crippen LogP contribution in [0.2, 0.25) is 0 Å². The van der Waals surface area contributed by atoms with Crippen molar-refractivity contribution in [2.75, 3.05) is 6.61 Å². The average Bonchev–Trinajstić information content (AvgIpc) is 2.91. The second kappa shape index (κ2) is 12.5. The van der Waals surface area contributed by atoms with E-state index in [2.05, 4.69) is 32.2 Å². The number of rotatable bonds is 10. The van der Waals surface area contributed by atoms with Crippen LogP contribution in [0.25, 0.3) is 22.3 Å². The molecule has 0 amide bonds. The SMILES string of the molecule is C=C(C)C(=O)OCC(=O)Oc1ccc(-c2ccc(-c3ccc(OC(=O)C(=C)CC)cc3)c(CC)c2)cc1. The van der Waals surface area contributed by atoms with Crippen molar-refractivity contribution < 1.29 is 28.6 Å². The minimum Gasteiger partial charge on any atom is -0.450 e. The lowest BCUT2D eigenvalue weighted by molar-refractivity contribution is -0.150. The van der Waals surface area contributed by atoms with Crippen LogP contribution >= 0.6 is 0 Å². The van der Waals surface area contributed by atoms with Crippen molar-refractivity contribution in [1.29, 1.82) is 0 Å². The molecule has 0 radical (unpaired) electrons. The van der Waals surface area contributed by atoms with Gasteiger partial charge < -0.3 is 14.2 Å². The van der Waals surface area contributed by atoms with E-state index in [0.717, 1.165) is 34.2 Å². The Bertz CT molecular complexity index is 1320. The third kappa shape index (κ3) is 7.27. The summed E-state index contributed by atoms with van der Waals surface area (Å²) in [5.74, 6) is -0.888. The molecule has 0 aliphatic carbocycles. The average molecular weight is 499 g/mol. The Morgan fingerprint density at radius 2 is 1.30 bits per heavy atom. The summed E-state index contributed by atoms with van der Waals surface area (Å²) >= 11 is 0. The van der Waals surface area contributed by atoms with Gasteiger partial charge in [0.1, 0.15) is 11.5 Å². The molecule has 6 heteroatoms. The molecule has 0 spiro atoms. The van der Waals surface area contributed by atoms with Gasteiger partial charge in [-0.25, -0.2) is 14.4 Å². The molecule has 0 heterocycles. The van der Waals surface area contributed by atoms with Crippen LogP contribution in [-0.4, -0.2) is 24.5 Å². The number of hydrogen-bond acceptors (Lipinski definition) is 6. The van der Waals surface area contributed by atoms with E-state index in [4.69, 9.17) is 14.2 Å². The van der Waals surface area contributed by atoms with Crippen molar-refractivity contribution >= 4 is 17.9 Å². The first-order chi connectivity index (χ1) is 17.7. The molecule has 0 bridgehead atoms. The first kappa shape index (κ1) is 27.1. The highest BCUT2D eigenvalue weighted by Crippen LogP contribution is 2.31. The molecule has 0 aliphatic heterocycles. The Morgan fingerprint density at radius 3 is 1.86 bits per heavy atom. The lowest BCUT2D eigenvalue weighted by Crippen LogP contribution is -2.18. The molecule has 3 rings (SSSR count). The first-order valence-corrected chi connectivity index (χ1v) is 12.0. The molecule has 3 aromatic rings. The minimum atomic E-state index is -0.670. The number of esters is 3. The van der Waals surface area contributed by atoms with Crippen molar-refractivity contribution in [3.05, 3.63) is 96.6 Å². The Hall–Kier alpha value is -4.45. The number of ether oxygens (including phenoxy) is 3. The standard InChI is InChI=1S/C31H30O6/c1-6-21(5)31(34)37-27-15-10-24(11-16-27)28-17-12-25(18-22(28)7-2)23-8-13-26(14-9-23)36-29(32)19-35-30(33)20(3)4/h8-18H,3,5-7,19H2,1-2,4H3. The topological polar surface area (TPSA) is 78.9 Å². The summed E-state index contributed by atoms with van der Waals surface area (Å²) in [6.45, 7) is 12.2. The van der Waals surface area contributed by atoms with Gasteiger partial charge in [-0.15, -0.1) is 0 Å². The molecule has 0 saturated heterocycles. The molecule has 37 heavy (non-hydrogen) atoms. The molecule has 0 aromatic heterocycles. The van der Waals surface area contributed by atoms with Crippen molar-refractivity contribution in [2.45, 2.75) is 33.6 Å². The number of carbonyl (C=O) groups excluding carboxylic acids is 3. The zero-order valence-electron chi connectivity index (χ0n) is 21.3. The third-order valence-electron chi connectivity index (χ3n) is 5.67. The predicted octanol–water partition coefficient (Wildman–Crippen LogP) is 6.48. The maximum absolute atomic E-state index is 12.0. The van der Waals surface area contributed by atoms with Crippen molar-refractivity contribution in [3.63, 3.8) is 0 Å². The second-order valence-electron chi connectivity index (χ2n) is 8.45. The maximum atomic E-state index is 12.0. The zero-order chi connectivity index (χ0) is 26.9. The smallest absolute Gasteiger partial charge is 0.349 e. The van der Waals surface area contributed by atoms with Crippen LogP contribution in [0.3, 0.4) is 0 Å². The van der Waals surface area contributed by atoms with E-state index in [1.807, 2.05) is 37.3 Å². The summed E-state index contributed by atoms with van der Waals surface area (Å²) in [6.07, 6.45) is 1.37. The molecule has 0 saturated carbocycles. The van der Waals surface area contributed by atoms with E-state index in [0.29, 0.717) is 23.5 Å². The van der Waals surface area contributed by atoms with Gasteiger partial charge in [0.05, 0.1) is 0 Å². The molecule has 190 valence electrons. The Kier molecular flexibility index (Phi) is 9.16. The van der Waals surface area contributed by atoms with Gasteiger partial charge in [0, 0.05) is 11.1 Å². The fourth-order valence-corrected chi connectivity index (χ4v) is 3.50. The lowest BCUT2D eigenvalue weighted by atomic mass is 9.93. The molecule has 6 nitrogen and oxygen atoms in total.